The van der Waals surface area contributed by atoms with E-state index in [0.717, 1.165) is 29.1 Å². The van der Waals surface area contributed by atoms with Crippen molar-refractivity contribution in [2.45, 2.75) is 13.3 Å². The minimum absolute atomic E-state index is 0.634. The summed E-state index contributed by atoms with van der Waals surface area (Å²) in [5.41, 5.74) is 3.18. The third-order valence-corrected chi connectivity index (χ3v) is 3.20. The first kappa shape index (κ1) is 12.9. The van der Waals surface area contributed by atoms with Crippen LogP contribution in [0, 0.1) is 11.6 Å². The number of aromatic amines is 1. The number of methoxy groups -OCH3 is 1. The summed E-state index contributed by atoms with van der Waals surface area (Å²) >= 11 is 5.31. The first-order valence-electron chi connectivity index (χ1n) is 5.86. The summed E-state index contributed by atoms with van der Waals surface area (Å²) < 4.78 is 5.72. The highest BCUT2D eigenvalue weighted by Crippen LogP contribution is 2.21. The quantitative estimate of drug-likeness (QED) is 0.857. The normalized spacial score (nSPS) is 10.6. The van der Waals surface area contributed by atoms with E-state index in [9.17, 15) is 0 Å². The van der Waals surface area contributed by atoms with E-state index < -0.39 is 0 Å². The molecule has 4 heteroatoms. The Balaban J connectivity index is 2.46. The summed E-state index contributed by atoms with van der Waals surface area (Å²) in [6, 6.07) is 10.2. The molecule has 18 heavy (non-hydrogen) atoms. The molecule has 1 N–H and O–H groups in total. The van der Waals surface area contributed by atoms with Crippen LogP contribution >= 0.6 is 12.2 Å². The predicted molar refractivity (Wildman–Crippen MR) is 75.2 cm³/mol. The number of H-pyrrole nitrogens is 1. The fraction of sp³-hybridized carbons (Fsp3) is 0.286. The summed E-state index contributed by atoms with van der Waals surface area (Å²) in [7, 11) is 1.68. The predicted octanol–water partition coefficient (Wildman–Crippen LogP) is 3.30. The molecule has 0 atom stereocenters. The monoisotopic (exact) mass is 260 g/mol. The minimum Gasteiger partial charge on any atom is -0.384 e. The van der Waals surface area contributed by atoms with Crippen LogP contribution in [0.4, 0.5) is 0 Å². The van der Waals surface area contributed by atoms with Gasteiger partial charge >= 0.3 is 0 Å². The largest absolute Gasteiger partial charge is 0.384 e. The second-order valence-electron chi connectivity index (χ2n) is 4.10. The van der Waals surface area contributed by atoms with Crippen LogP contribution in [0.15, 0.2) is 30.3 Å². The molecule has 0 amide bonds. The van der Waals surface area contributed by atoms with Crippen LogP contribution in [0.25, 0.3) is 11.3 Å². The molecule has 1 heterocycles. The van der Waals surface area contributed by atoms with Crippen molar-refractivity contribution in [2.24, 2.45) is 0 Å². The first-order chi connectivity index (χ1) is 8.72. The van der Waals surface area contributed by atoms with E-state index in [4.69, 9.17) is 17.0 Å². The minimum atomic E-state index is 0.634. The van der Waals surface area contributed by atoms with Crippen molar-refractivity contribution in [3.8, 4) is 11.3 Å². The van der Waals surface area contributed by atoms with Gasteiger partial charge in [0.05, 0.1) is 12.3 Å². The number of rotatable bonds is 4. The lowest BCUT2D eigenvalue weighted by Crippen LogP contribution is -2.04. The second-order valence-corrected chi connectivity index (χ2v) is 4.48. The van der Waals surface area contributed by atoms with Gasteiger partial charge in [-0.1, -0.05) is 42.5 Å². The maximum atomic E-state index is 5.31. The summed E-state index contributed by atoms with van der Waals surface area (Å²) in [4.78, 5) is 7.72. The molecule has 0 bridgehead atoms. The Hall–Kier alpha value is -1.52. The lowest BCUT2D eigenvalue weighted by molar-refractivity contribution is 0.200. The molecule has 3 nitrogen and oxygen atoms in total. The summed E-state index contributed by atoms with van der Waals surface area (Å²) in [5, 5.41) is 0. The number of aromatic nitrogens is 2. The van der Waals surface area contributed by atoms with E-state index >= 15 is 0 Å². The SMILES string of the molecule is COCCc1nc(=S)c(C)c(-c2ccccc2)[nH]1. The molecule has 0 fully saturated rings. The molecule has 1 aromatic carbocycles. The lowest BCUT2D eigenvalue weighted by Gasteiger charge is -2.09. The molecule has 0 aliphatic carbocycles. The maximum Gasteiger partial charge on any atom is 0.133 e. The highest BCUT2D eigenvalue weighted by molar-refractivity contribution is 7.71. The summed E-state index contributed by atoms with van der Waals surface area (Å²) in [6.45, 7) is 2.63. The standard InChI is InChI=1S/C14H16N2OS/c1-10-13(11-6-4-3-5-7-11)15-12(8-9-17-2)16-14(10)18/h3-7H,8-9H2,1-2H3,(H,15,16,18). The van der Waals surface area contributed by atoms with Crippen LogP contribution in [0.2, 0.25) is 0 Å². The van der Waals surface area contributed by atoms with E-state index in [1.807, 2.05) is 25.1 Å². The van der Waals surface area contributed by atoms with Gasteiger partial charge in [-0.25, -0.2) is 4.98 Å². The van der Waals surface area contributed by atoms with Gasteiger partial charge in [0.25, 0.3) is 0 Å². The van der Waals surface area contributed by atoms with E-state index in [2.05, 4.69) is 22.1 Å². The molecule has 0 saturated carbocycles. The van der Waals surface area contributed by atoms with Gasteiger partial charge < -0.3 is 9.72 Å². The molecule has 1 aromatic heterocycles. The average molecular weight is 260 g/mol. The Morgan fingerprint density at radius 1 is 1.28 bits per heavy atom. The van der Waals surface area contributed by atoms with Crippen LogP contribution < -0.4 is 0 Å². The zero-order chi connectivity index (χ0) is 13.0. The zero-order valence-electron chi connectivity index (χ0n) is 10.6. The van der Waals surface area contributed by atoms with Crippen molar-refractivity contribution in [1.82, 2.24) is 9.97 Å². The van der Waals surface area contributed by atoms with E-state index in [1.54, 1.807) is 7.11 Å². The van der Waals surface area contributed by atoms with Crippen LogP contribution in [0.1, 0.15) is 11.4 Å². The zero-order valence-corrected chi connectivity index (χ0v) is 11.4. The molecule has 0 aliphatic heterocycles. The fourth-order valence-electron chi connectivity index (χ4n) is 1.79. The third kappa shape index (κ3) is 2.83. The van der Waals surface area contributed by atoms with Crippen molar-refractivity contribution in [1.29, 1.82) is 0 Å². The van der Waals surface area contributed by atoms with Gasteiger partial charge in [-0.3, -0.25) is 0 Å². The number of benzene rings is 1. The van der Waals surface area contributed by atoms with Gasteiger partial charge in [0, 0.05) is 19.1 Å². The molecule has 0 saturated heterocycles. The number of hydrogen-bond acceptors (Lipinski definition) is 3. The topological polar surface area (TPSA) is 37.9 Å². The van der Waals surface area contributed by atoms with Crippen molar-refractivity contribution in [3.63, 3.8) is 0 Å². The maximum absolute atomic E-state index is 5.31. The van der Waals surface area contributed by atoms with E-state index in [0.29, 0.717) is 11.2 Å². The van der Waals surface area contributed by atoms with E-state index in [-0.39, 0.29) is 0 Å². The fourth-order valence-corrected chi connectivity index (χ4v) is 2.00. The summed E-state index contributed by atoms with van der Waals surface area (Å²) in [5.74, 6) is 0.867. The van der Waals surface area contributed by atoms with Crippen molar-refractivity contribution < 1.29 is 4.74 Å². The highest BCUT2D eigenvalue weighted by Gasteiger charge is 2.06. The first-order valence-corrected chi connectivity index (χ1v) is 6.27. The Morgan fingerprint density at radius 3 is 2.67 bits per heavy atom. The number of hydrogen-bond donors (Lipinski definition) is 1. The molecule has 0 spiro atoms. The molecule has 0 aliphatic rings. The Kier molecular flexibility index (Phi) is 4.23. The second kappa shape index (κ2) is 5.89. The lowest BCUT2D eigenvalue weighted by atomic mass is 10.1. The Labute approximate surface area is 112 Å². The van der Waals surface area contributed by atoms with Crippen LogP contribution in [-0.2, 0) is 11.2 Å². The van der Waals surface area contributed by atoms with Crippen LogP contribution in [0.3, 0.4) is 0 Å². The molecular weight excluding hydrogens is 244 g/mol. The van der Waals surface area contributed by atoms with E-state index in [1.165, 1.54) is 0 Å². The Morgan fingerprint density at radius 2 is 2.00 bits per heavy atom. The highest BCUT2D eigenvalue weighted by atomic mass is 32.1. The van der Waals surface area contributed by atoms with Gasteiger partial charge in [-0.05, 0) is 12.5 Å². The summed E-state index contributed by atoms with van der Waals surface area (Å²) in [6.07, 6.45) is 0.736. The number of nitrogens with one attached hydrogen (secondary N) is 1. The van der Waals surface area contributed by atoms with Crippen molar-refractivity contribution in [3.05, 3.63) is 46.4 Å². The molecular formula is C14H16N2OS. The Bertz CT molecular complexity index is 578. The average Bonchev–Trinajstić information content (AvgIpc) is 2.41. The molecule has 0 unspecified atom stereocenters. The van der Waals surface area contributed by atoms with Crippen LogP contribution in [-0.4, -0.2) is 23.7 Å². The van der Waals surface area contributed by atoms with Gasteiger partial charge in [0.15, 0.2) is 0 Å². The molecule has 2 rings (SSSR count). The van der Waals surface area contributed by atoms with Gasteiger partial charge in [-0.15, -0.1) is 0 Å². The molecule has 94 valence electrons. The smallest absolute Gasteiger partial charge is 0.133 e. The number of ether oxygens (including phenoxy) is 1. The van der Waals surface area contributed by atoms with Crippen LogP contribution in [0.5, 0.6) is 0 Å². The van der Waals surface area contributed by atoms with Crippen molar-refractivity contribution >= 4 is 12.2 Å². The number of nitrogens with zero attached hydrogens (tertiary/aromatic N) is 1. The molecule has 2 aromatic rings. The third-order valence-electron chi connectivity index (χ3n) is 2.81. The van der Waals surface area contributed by atoms with Gasteiger partial charge in [0.1, 0.15) is 10.5 Å². The van der Waals surface area contributed by atoms with Gasteiger partial charge in [-0.2, -0.15) is 0 Å². The van der Waals surface area contributed by atoms with Crippen molar-refractivity contribution in [2.75, 3.05) is 13.7 Å². The molecule has 0 radical (unpaired) electrons. The van der Waals surface area contributed by atoms with Gasteiger partial charge in [0.2, 0.25) is 0 Å².